The largest absolute Gasteiger partial charge is 0.159 e. The molecule has 0 aromatic rings. The van der Waals surface area contributed by atoms with Crippen molar-refractivity contribution in [3.63, 3.8) is 0 Å². The first-order valence-corrected chi connectivity index (χ1v) is 7.69. The van der Waals surface area contributed by atoms with E-state index in [0.717, 1.165) is 5.92 Å². The number of thioether (sulfide) groups is 1. The average molecular weight is 244 g/mol. The highest BCUT2D eigenvalue weighted by molar-refractivity contribution is 7.99. The predicted molar refractivity (Wildman–Crippen MR) is 79.2 cm³/mol. The Labute approximate surface area is 108 Å². The average Bonchev–Trinajstić information content (AvgIpc) is 2.83. The normalized spacial score (nSPS) is 17.8. The summed E-state index contributed by atoms with van der Waals surface area (Å²) in [5.74, 6) is 1.05. The van der Waals surface area contributed by atoms with Gasteiger partial charge in [-0.3, -0.25) is 0 Å². The van der Waals surface area contributed by atoms with Gasteiger partial charge in [0.15, 0.2) is 0 Å². The molecule has 0 N–H and O–H groups in total. The molecule has 0 radical (unpaired) electrons. The highest BCUT2D eigenvalue weighted by atomic mass is 32.2. The second-order valence-electron chi connectivity index (χ2n) is 7.60. The van der Waals surface area contributed by atoms with Crippen molar-refractivity contribution in [3.05, 3.63) is 0 Å². The summed E-state index contributed by atoms with van der Waals surface area (Å²) >= 11 is 1.93. The van der Waals surface area contributed by atoms with Crippen LogP contribution in [-0.4, -0.2) is 11.0 Å². The third-order valence-corrected chi connectivity index (χ3v) is 5.75. The lowest BCUT2D eigenvalue weighted by Gasteiger charge is -2.37. The Morgan fingerprint density at radius 1 is 0.812 bits per heavy atom. The molecule has 1 rings (SSSR count). The van der Waals surface area contributed by atoms with Gasteiger partial charge in [-0.15, -0.1) is 0 Å². The van der Waals surface area contributed by atoms with Gasteiger partial charge in [0, 0.05) is 4.75 Å². The molecule has 0 unspecified atom stereocenters. The van der Waals surface area contributed by atoms with E-state index in [4.69, 9.17) is 0 Å². The highest BCUT2D eigenvalue weighted by Crippen LogP contribution is 2.44. The SMILES string of the molecule is CC(C)(C)C1CC1.CSC(C)(C)C(C)(C)C. The van der Waals surface area contributed by atoms with Crippen LogP contribution in [-0.2, 0) is 0 Å². The summed E-state index contributed by atoms with van der Waals surface area (Å²) in [6.07, 6.45) is 5.12. The summed E-state index contributed by atoms with van der Waals surface area (Å²) in [4.78, 5) is 0. The summed E-state index contributed by atoms with van der Waals surface area (Å²) in [5, 5.41) is 0. The van der Waals surface area contributed by atoms with E-state index in [2.05, 4.69) is 61.6 Å². The lowest BCUT2D eigenvalue weighted by Crippen LogP contribution is -2.32. The first-order valence-electron chi connectivity index (χ1n) is 6.47. The van der Waals surface area contributed by atoms with Gasteiger partial charge in [0.25, 0.3) is 0 Å². The van der Waals surface area contributed by atoms with Crippen LogP contribution in [0, 0.1) is 16.7 Å². The molecule has 1 heteroatoms. The molecule has 0 amide bonds. The van der Waals surface area contributed by atoms with E-state index in [1.165, 1.54) is 12.8 Å². The Bertz CT molecular complexity index is 198. The smallest absolute Gasteiger partial charge is 0.0149 e. The van der Waals surface area contributed by atoms with Gasteiger partial charge in [0.1, 0.15) is 0 Å². The minimum absolute atomic E-state index is 0.396. The van der Waals surface area contributed by atoms with Crippen molar-refractivity contribution in [1.29, 1.82) is 0 Å². The van der Waals surface area contributed by atoms with Crippen molar-refractivity contribution in [2.75, 3.05) is 6.26 Å². The zero-order chi connectivity index (χ0) is 13.2. The molecule has 0 aromatic carbocycles. The van der Waals surface area contributed by atoms with Gasteiger partial charge in [0.2, 0.25) is 0 Å². The van der Waals surface area contributed by atoms with E-state index in [-0.39, 0.29) is 0 Å². The molecule has 0 atom stereocenters. The summed E-state index contributed by atoms with van der Waals surface area (Å²) < 4.78 is 0.396. The summed E-state index contributed by atoms with van der Waals surface area (Å²) in [6, 6.07) is 0. The van der Waals surface area contributed by atoms with Crippen LogP contribution in [0.1, 0.15) is 68.2 Å². The fourth-order valence-electron chi connectivity index (χ4n) is 1.26. The molecule has 0 nitrogen and oxygen atoms in total. The van der Waals surface area contributed by atoms with E-state index < -0.39 is 0 Å². The van der Waals surface area contributed by atoms with Crippen molar-refractivity contribution in [2.24, 2.45) is 16.7 Å². The molecule has 0 aromatic heterocycles. The van der Waals surface area contributed by atoms with E-state index in [9.17, 15) is 0 Å². The molecule has 0 spiro atoms. The van der Waals surface area contributed by atoms with E-state index in [1.54, 1.807) is 0 Å². The third kappa shape index (κ3) is 5.61. The second-order valence-corrected chi connectivity index (χ2v) is 9.03. The topological polar surface area (TPSA) is 0 Å². The summed E-state index contributed by atoms with van der Waals surface area (Å²) in [7, 11) is 0. The van der Waals surface area contributed by atoms with Crippen molar-refractivity contribution in [3.8, 4) is 0 Å². The molecular formula is C15H32S. The van der Waals surface area contributed by atoms with Gasteiger partial charge in [-0.1, -0.05) is 55.4 Å². The van der Waals surface area contributed by atoms with Gasteiger partial charge < -0.3 is 0 Å². The Balaban J connectivity index is 0.000000288. The van der Waals surface area contributed by atoms with Crippen LogP contribution in [0.5, 0.6) is 0 Å². The zero-order valence-electron chi connectivity index (χ0n) is 12.9. The first-order chi connectivity index (χ1) is 6.92. The maximum Gasteiger partial charge on any atom is 0.0149 e. The van der Waals surface area contributed by atoms with Crippen LogP contribution in [0.2, 0.25) is 0 Å². The fraction of sp³-hybridized carbons (Fsp3) is 1.00. The Kier molecular flexibility index (Phi) is 5.45. The lowest BCUT2D eigenvalue weighted by molar-refractivity contribution is 0.320. The number of hydrogen-bond donors (Lipinski definition) is 0. The van der Waals surface area contributed by atoms with Crippen LogP contribution >= 0.6 is 11.8 Å². The van der Waals surface area contributed by atoms with Gasteiger partial charge >= 0.3 is 0 Å². The van der Waals surface area contributed by atoms with Gasteiger partial charge in [-0.2, -0.15) is 11.8 Å². The molecule has 98 valence electrons. The maximum absolute atomic E-state index is 2.32. The Morgan fingerprint density at radius 2 is 1.19 bits per heavy atom. The van der Waals surface area contributed by atoms with Crippen molar-refractivity contribution >= 4 is 11.8 Å². The molecule has 1 aliphatic rings. The Morgan fingerprint density at radius 3 is 1.19 bits per heavy atom. The molecular weight excluding hydrogens is 212 g/mol. The van der Waals surface area contributed by atoms with Crippen LogP contribution in [0.25, 0.3) is 0 Å². The quantitative estimate of drug-likeness (QED) is 0.577. The number of hydrogen-bond acceptors (Lipinski definition) is 1. The van der Waals surface area contributed by atoms with Crippen molar-refractivity contribution in [1.82, 2.24) is 0 Å². The van der Waals surface area contributed by atoms with E-state index in [0.29, 0.717) is 15.6 Å². The van der Waals surface area contributed by atoms with Gasteiger partial charge in [-0.25, -0.2) is 0 Å². The summed E-state index contributed by atoms with van der Waals surface area (Å²) in [5.41, 5.74) is 1.02. The van der Waals surface area contributed by atoms with Crippen molar-refractivity contribution in [2.45, 2.75) is 73.0 Å². The predicted octanol–water partition coefficient (Wildman–Crippen LogP) is 5.62. The van der Waals surface area contributed by atoms with Crippen LogP contribution < -0.4 is 0 Å². The van der Waals surface area contributed by atoms with Crippen LogP contribution in [0.3, 0.4) is 0 Å². The number of rotatable bonds is 1. The fourth-order valence-corrected chi connectivity index (χ4v) is 1.87. The van der Waals surface area contributed by atoms with E-state index >= 15 is 0 Å². The molecule has 0 bridgehead atoms. The lowest BCUT2D eigenvalue weighted by atomic mass is 9.83. The maximum atomic E-state index is 2.32. The molecule has 0 heterocycles. The molecule has 1 fully saturated rings. The van der Waals surface area contributed by atoms with Gasteiger partial charge in [-0.05, 0) is 35.8 Å². The molecule has 16 heavy (non-hydrogen) atoms. The van der Waals surface area contributed by atoms with Crippen molar-refractivity contribution < 1.29 is 0 Å². The monoisotopic (exact) mass is 244 g/mol. The molecule has 0 saturated heterocycles. The zero-order valence-corrected chi connectivity index (χ0v) is 13.7. The minimum atomic E-state index is 0.396. The first kappa shape index (κ1) is 16.4. The Hall–Kier alpha value is 0.350. The third-order valence-electron chi connectivity index (χ3n) is 4.12. The van der Waals surface area contributed by atoms with Crippen LogP contribution in [0.15, 0.2) is 0 Å². The highest BCUT2D eigenvalue weighted by Gasteiger charge is 2.33. The summed E-state index contributed by atoms with van der Waals surface area (Å²) in [6.45, 7) is 18.4. The molecule has 1 aliphatic carbocycles. The molecule has 1 saturated carbocycles. The van der Waals surface area contributed by atoms with Gasteiger partial charge in [0.05, 0.1) is 0 Å². The second kappa shape index (κ2) is 5.33. The van der Waals surface area contributed by atoms with E-state index in [1.807, 2.05) is 11.8 Å². The van der Waals surface area contributed by atoms with Crippen LogP contribution in [0.4, 0.5) is 0 Å². The minimum Gasteiger partial charge on any atom is -0.159 e. The molecule has 0 aliphatic heterocycles. The standard InChI is InChI=1S/C8H18S.C7H14/c1-7(2,3)8(4,5)9-6;1-7(2,3)6-4-5-6/h1-6H3;6H,4-5H2,1-3H3.